The third kappa shape index (κ3) is 4.11. The first-order valence-corrected chi connectivity index (χ1v) is 11.1. The highest BCUT2D eigenvalue weighted by Gasteiger charge is 2.41. The third-order valence-corrected chi connectivity index (χ3v) is 6.18. The summed E-state index contributed by atoms with van der Waals surface area (Å²) in [5.41, 5.74) is 2.88. The lowest BCUT2D eigenvalue weighted by atomic mass is 10.0. The van der Waals surface area contributed by atoms with Crippen LogP contribution in [0.1, 0.15) is 29.2 Å². The summed E-state index contributed by atoms with van der Waals surface area (Å²) in [6, 6.07) is 23.7. The van der Waals surface area contributed by atoms with E-state index in [1.165, 1.54) is 0 Å². The molecule has 1 aromatic carbocycles. The molecule has 0 aliphatic carbocycles. The van der Waals surface area contributed by atoms with Crippen LogP contribution >= 0.6 is 28.1 Å². The molecule has 0 spiro atoms. The topological polar surface area (TPSA) is 54.2 Å². The van der Waals surface area contributed by atoms with Gasteiger partial charge in [-0.2, -0.15) is 0 Å². The number of hydrogen-bond donors (Lipinski definition) is 1. The minimum atomic E-state index is -0.145. The second-order valence-electron chi connectivity index (χ2n) is 7.28. The van der Waals surface area contributed by atoms with Crippen molar-refractivity contribution in [3.8, 4) is 11.3 Å². The number of aromatic nitrogens is 2. The Morgan fingerprint density at radius 2 is 1.71 bits per heavy atom. The first kappa shape index (κ1) is 19.9. The maximum atomic E-state index is 6.36. The van der Waals surface area contributed by atoms with Gasteiger partial charge in [0, 0.05) is 22.4 Å². The lowest BCUT2D eigenvalue weighted by molar-refractivity contribution is 0.267. The fraction of sp³-hybridized carbons (Fsp3) is 0.125. The highest BCUT2D eigenvalue weighted by Crippen LogP contribution is 2.41. The van der Waals surface area contributed by atoms with Crippen molar-refractivity contribution in [2.45, 2.75) is 18.6 Å². The van der Waals surface area contributed by atoms with Crippen molar-refractivity contribution >= 4 is 33.3 Å². The summed E-state index contributed by atoms with van der Waals surface area (Å²) < 4.78 is 7.39. The molecule has 0 radical (unpaired) electrons. The number of nitrogens with one attached hydrogen (secondary N) is 1. The van der Waals surface area contributed by atoms with Gasteiger partial charge in [-0.3, -0.25) is 9.97 Å². The van der Waals surface area contributed by atoms with E-state index in [0.717, 1.165) is 32.9 Å². The van der Waals surface area contributed by atoms with E-state index in [0.29, 0.717) is 11.7 Å². The van der Waals surface area contributed by atoms with Gasteiger partial charge in [0.05, 0.1) is 24.0 Å². The number of hydrogen-bond acceptors (Lipinski definition) is 4. The van der Waals surface area contributed by atoms with Crippen molar-refractivity contribution in [2.24, 2.45) is 0 Å². The largest absolute Gasteiger partial charge is 0.459 e. The van der Waals surface area contributed by atoms with Crippen LogP contribution in [0.5, 0.6) is 0 Å². The zero-order valence-electron chi connectivity index (χ0n) is 16.5. The molecule has 4 aromatic rings. The molecule has 1 saturated heterocycles. The second kappa shape index (κ2) is 8.61. The van der Waals surface area contributed by atoms with E-state index in [1.807, 2.05) is 72.8 Å². The van der Waals surface area contributed by atoms with Crippen LogP contribution in [0.2, 0.25) is 0 Å². The van der Waals surface area contributed by atoms with Gasteiger partial charge >= 0.3 is 0 Å². The first-order valence-electron chi connectivity index (χ1n) is 9.93. The highest BCUT2D eigenvalue weighted by atomic mass is 79.9. The molecule has 1 N–H and O–H groups in total. The molecule has 7 heteroatoms. The lowest BCUT2D eigenvalue weighted by Crippen LogP contribution is -2.29. The van der Waals surface area contributed by atoms with Crippen LogP contribution in [0.4, 0.5) is 0 Å². The van der Waals surface area contributed by atoms with Gasteiger partial charge in [0.15, 0.2) is 5.11 Å². The normalized spacial score (nSPS) is 18.2. The van der Waals surface area contributed by atoms with Gasteiger partial charge in [-0.15, -0.1) is 0 Å². The molecular formula is C24H19BrN4OS. The Morgan fingerprint density at radius 1 is 0.935 bits per heavy atom. The number of pyridine rings is 2. The van der Waals surface area contributed by atoms with Gasteiger partial charge < -0.3 is 14.6 Å². The van der Waals surface area contributed by atoms with Crippen LogP contribution < -0.4 is 5.32 Å². The van der Waals surface area contributed by atoms with E-state index < -0.39 is 0 Å². The fourth-order valence-corrected chi connectivity index (χ4v) is 4.40. The Balaban J connectivity index is 1.53. The van der Waals surface area contributed by atoms with Gasteiger partial charge in [-0.25, -0.2) is 0 Å². The van der Waals surface area contributed by atoms with Crippen molar-refractivity contribution in [3.63, 3.8) is 0 Å². The maximum absolute atomic E-state index is 6.36. The van der Waals surface area contributed by atoms with Crippen LogP contribution in [-0.4, -0.2) is 20.0 Å². The molecule has 0 unspecified atom stereocenters. The van der Waals surface area contributed by atoms with Crippen LogP contribution in [0.3, 0.4) is 0 Å². The Hall–Kier alpha value is -3.03. The van der Waals surface area contributed by atoms with Crippen molar-refractivity contribution in [1.29, 1.82) is 0 Å². The van der Waals surface area contributed by atoms with Crippen molar-refractivity contribution in [1.82, 2.24) is 20.2 Å². The van der Waals surface area contributed by atoms with E-state index in [4.69, 9.17) is 16.6 Å². The summed E-state index contributed by atoms with van der Waals surface area (Å²) in [5, 5.41) is 4.11. The van der Waals surface area contributed by atoms with Gasteiger partial charge in [-0.05, 0) is 60.7 Å². The third-order valence-electron chi connectivity index (χ3n) is 5.30. The average Bonchev–Trinajstić information content (AvgIpc) is 3.41. The minimum Gasteiger partial charge on any atom is -0.459 e. The predicted molar refractivity (Wildman–Crippen MR) is 127 cm³/mol. The minimum absolute atomic E-state index is 0.124. The monoisotopic (exact) mass is 490 g/mol. The zero-order chi connectivity index (χ0) is 21.2. The van der Waals surface area contributed by atoms with Crippen LogP contribution in [0.15, 0.2) is 94.1 Å². The van der Waals surface area contributed by atoms with Gasteiger partial charge in [0.25, 0.3) is 0 Å². The molecule has 3 aromatic heterocycles. The fourth-order valence-electron chi connectivity index (χ4n) is 3.83. The van der Waals surface area contributed by atoms with E-state index in [1.54, 1.807) is 12.4 Å². The van der Waals surface area contributed by atoms with Crippen LogP contribution in [0, 0.1) is 0 Å². The van der Waals surface area contributed by atoms with Crippen molar-refractivity contribution < 1.29 is 4.42 Å². The molecule has 4 heterocycles. The smallest absolute Gasteiger partial charge is 0.170 e. The molecule has 2 atom stereocenters. The molecule has 0 bridgehead atoms. The van der Waals surface area contributed by atoms with E-state index >= 15 is 0 Å². The summed E-state index contributed by atoms with van der Waals surface area (Å²) >= 11 is 9.20. The maximum Gasteiger partial charge on any atom is 0.170 e. The zero-order valence-corrected chi connectivity index (χ0v) is 18.9. The molecule has 1 aliphatic heterocycles. The number of nitrogens with zero attached hydrogens (tertiary/aromatic N) is 3. The summed E-state index contributed by atoms with van der Waals surface area (Å²) in [4.78, 5) is 11.2. The molecule has 5 rings (SSSR count). The number of benzene rings is 1. The Bertz CT molecular complexity index is 1180. The molecule has 0 amide bonds. The SMILES string of the molecule is S=C1N[C@H](c2ccccn2)[C@@H](c2ccc(-c3ccc(Br)cc3)o2)N1Cc1ccccn1. The standard InChI is InChI=1S/C24H19BrN4OS/c25-17-9-7-16(8-10-17)20-11-12-21(30-20)23-22(19-6-2-4-14-27-19)28-24(31)29(23)15-18-5-1-3-13-26-18/h1-14,22-23H,15H2,(H,28,31)/t22-,23-/m1/s1. The van der Waals surface area contributed by atoms with Crippen LogP contribution in [-0.2, 0) is 6.54 Å². The molecule has 154 valence electrons. The second-order valence-corrected chi connectivity index (χ2v) is 8.59. The summed E-state index contributed by atoms with van der Waals surface area (Å²) in [6.07, 6.45) is 3.60. The lowest BCUT2D eigenvalue weighted by Gasteiger charge is -2.25. The van der Waals surface area contributed by atoms with Gasteiger partial charge in [0.2, 0.25) is 0 Å². The van der Waals surface area contributed by atoms with Crippen molar-refractivity contribution in [3.05, 3.63) is 107 Å². The first-order chi connectivity index (χ1) is 15.2. The quantitative estimate of drug-likeness (QED) is 0.363. The highest BCUT2D eigenvalue weighted by molar-refractivity contribution is 9.10. The summed E-state index contributed by atoms with van der Waals surface area (Å²) in [5.74, 6) is 1.65. The van der Waals surface area contributed by atoms with E-state index in [2.05, 4.69) is 36.1 Å². The molecular weight excluding hydrogens is 472 g/mol. The number of halogens is 1. The summed E-state index contributed by atoms with van der Waals surface area (Å²) in [6.45, 7) is 0.578. The summed E-state index contributed by atoms with van der Waals surface area (Å²) in [7, 11) is 0. The molecule has 5 nitrogen and oxygen atoms in total. The number of thiocarbonyl (C=S) groups is 1. The molecule has 1 fully saturated rings. The van der Waals surface area contributed by atoms with Crippen LogP contribution in [0.25, 0.3) is 11.3 Å². The molecule has 0 saturated carbocycles. The van der Waals surface area contributed by atoms with E-state index in [-0.39, 0.29) is 12.1 Å². The number of rotatable bonds is 5. The Kier molecular flexibility index (Phi) is 5.53. The Labute approximate surface area is 194 Å². The van der Waals surface area contributed by atoms with Gasteiger partial charge in [-0.1, -0.05) is 40.2 Å². The molecule has 31 heavy (non-hydrogen) atoms. The Morgan fingerprint density at radius 3 is 2.42 bits per heavy atom. The number of furan rings is 1. The molecule has 1 aliphatic rings. The van der Waals surface area contributed by atoms with E-state index in [9.17, 15) is 0 Å². The van der Waals surface area contributed by atoms with Gasteiger partial charge in [0.1, 0.15) is 17.6 Å². The predicted octanol–water partition coefficient (Wildman–Crippen LogP) is 5.67. The average molecular weight is 491 g/mol. The van der Waals surface area contributed by atoms with Crippen molar-refractivity contribution in [2.75, 3.05) is 0 Å².